The summed E-state index contributed by atoms with van der Waals surface area (Å²) >= 11 is 1.87. The molecule has 0 N–H and O–H groups in total. The van der Waals surface area contributed by atoms with Crippen molar-refractivity contribution >= 4 is 11.8 Å². The molecule has 0 aliphatic carbocycles. The molecule has 0 saturated heterocycles. The van der Waals surface area contributed by atoms with Gasteiger partial charge in [0.2, 0.25) is 0 Å². The maximum Gasteiger partial charge on any atom is 0.0598 e. The van der Waals surface area contributed by atoms with Crippen LogP contribution in [0.15, 0.2) is 0 Å². The van der Waals surface area contributed by atoms with Gasteiger partial charge in [0.1, 0.15) is 0 Å². The zero-order valence-electron chi connectivity index (χ0n) is 7.44. The van der Waals surface area contributed by atoms with Crippen LogP contribution in [0.2, 0.25) is 0 Å². The van der Waals surface area contributed by atoms with Crippen LogP contribution in [0, 0.1) is 0 Å². The van der Waals surface area contributed by atoms with E-state index in [1.54, 1.807) is 0 Å². The molecule has 0 fully saturated rings. The molecule has 0 aromatic rings. The SMILES string of the molecule is CSCCCOC(C)(C)C. The molecule has 0 atom stereocenters. The smallest absolute Gasteiger partial charge is 0.0598 e. The van der Waals surface area contributed by atoms with E-state index in [1.165, 1.54) is 12.2 Å². The van der Waals surface area contributed by atoms with Gasteiger partial charge in [0.15, 0.2) is 0 Å². The summed E-state index contributed by atoms with van der Waals surface area (Å²) in [6.45, 7) is 7.16. The van der Waals surface area contributed by atoms with Crippen molar-refractivity contribution in [2.24, 2.45) is 0 Å². The Bertz CT molecular complexity index is 75.8. The summed E-state index contributed by atoms with van der Waals surface area (Å²) in [5.41, 5.74) is 0.0401. The highest BCUT2D eigenvalue weighted by molar-refractivity contribution is 7.98. The summed E-state index contributed by atoms with van der Waals surface area (Å²) in [5.74, 6) is 1.20. The molecule has 0 saturated carbocycles. The van der Waals surface area contributed by atoms with Crippen LogP contribution in [0.3, 0.4) is 0 Å². The van der Waals surface area contributed by atoms with Crippen LogP contribution in [0.25, 0.3) is 0 Å². The first-order chi connectivity index (χ1) is 4.56. The van der Waals surface area contributed by atoms with Crippen LogP contribution in [-0.4, -0.2) is 24.2 Å². The highest BCUT2D eigenvalue weighted by Crippen LogP contribution is 2.07. The molecule has 0 unspecified atom stereocenters. The number of ether oxygens (including phenoxy) is 1. The van der Waals surface area contributed by atoms with Crippen LogP contribution < -0.4 is 0 Å². The van der Waals surface area contributed by atoms with Gasteiger partial charge in [-0.05, 0) is 39.2 Å². The molecular weight excluding hydrogens is 144 g/mol. The Morgan fingerprint density at radius 2 is 1.90 bits per heavy atom. The van der Waals surface area contributed by atoms with E-state index in [0.717, 1.165) is 6.61 Å². The van der Waals surface area contributed by atoms with Crippen molar-refractivity contribution in [3.05, 3.63) is 0 Å². The van der Waals surface area contributed by atoms with E-state index < -0.39 is 0 Å². The predicted molar refractivity (Wildman–Crippen MR) is 48.7 cm³/mol. The fraction of sp³-hybridized carbons (Fsp3) is 1.00. The van der Waals surface area contributed by atoms with Crippen molar-refractivity contribution in [1.82, 2.24) is 0 Å². The van der Waals surface area contributed by atoms with E-state index in [0.29, 0.717) is 0 Å². The highest BCUT2D eigenvalue weighted by Gasteiger charge is 2.08. The van der Waals surface area contributed by atoms with Crippen molar-refractivity contribution in [1.29, 1.82) is 0 Å². The minimum absolute atomic E-state index is 0.0401. The van der Waals surface area contributed by atoms with Crippen LogP contribution in [0.4, 0.5) is 0 Å². The normalized spacial score (nSPS) is 12.0. The summed E-state index contributed by atoms with van der Waals surface area (Å²) in [7, 11) is 0. The van der Waals surface area contributed by atoms with Gasteiger partial charge in [-0.25, -0.2) is 0 Å². The van der Waals surface area contributed by atoms with Crippen LogP contribution in [0.5, 0.6) is 0 Å². The Balaban J connectivity index is 3.04. The van der Waals surface area contributed by atoms with Gasteiger partial charge in [-0.3, -0.25) is 0 Å². The van der Waals surface area contributed by atoms with Crippen molar-refractivity contribution < 1.29 is 4.74 Å². The molecule has 10 heavy (non-hydrogen) atoms. The van der Waals surface area contributed by atoms with Gasteiger partial charge in [-0.1, -0.05) is 0 Å². The Morgan fingerprint density at radius 3 is 2.30 bits per heavy atom. The third-order valence-corrected chi connectivity index (χ3v) is 1.72. The van der Waals surface area contributed by atoms with E-state index in [4.69, 9.17) is 4.74 Å². The first-order valence-electron chi connectivity index (χ1n) is 3.69. The van der Waals surface area contributed by atoms with Crippen molar-refractivity contribution in [3.63, 3.8) is 0 Å². The summed E-state index contributed by atoms with van der Waals surface area (Å²) in [6, 6.07) is 0. The summed E-state index contributed by atoms with van der Waals surface area (Å²) in [5, 5.41) is 0. The van der Waals surface area contributed by atoms with Crippen LogP contribution >= 0.6 is 11.8 Å². The van der Waals surface area contributed by atoms with Gasteiger partial charge in [-0.2, -0.15) is 11.8 Å². The molecule has 0 aromatic carbocycles. The van der Waals surface area contributed by atoms with E-state index in [9.17, 15) is 0 Å². The summed E-state index contributed by atoms with van der Waals surface area (Å²) < 4.78 is 5.52. The molecule has 0 spiro atoms. The minimum Gasteiger partial charge on any atom is -0.376 e. The quantitative estimate of drug-likeness (QED) is 0.588. The van der Waals surface area contributed by atoms with Crippen LogP contribution in [-0.2, 0) is 4.74 Å². The second-order valence-electron chi connectivity index (χ2n) is 3.31. The van der Waals surface area contributed by atoms with Gasteiger partial charge in [0, 0.05) is 6.61 Å². The molecule has 0 bridgehead atoms. The second-order valence-corrected chi connectivity index (χ2v) is 4.29. The minimum atomic E-state index is 0.0401. The summed E-state index contributed by atoms with van der Waals surface area (Å²) in [6.07, 6.45) is 3.29. The lowest BCUT2D eigenvalue weighted by Crippen LogP contribution is -2.19. The Morgan fingerprint density at radius 1 is 1.30 bits per heavy atom. The number of rotatable bonds is 4. The number of hydrogen-bond donors (Lipinski definition) is 0. The third-order valence-electron chi connectivity index (χ3n) is 1.03. The third kappa shape index (κ3) is 8.31. The molecular formula is C8H18OS. The largest absolute Gasteiger partial charge is 0.376 e. The Kier molecular flexibility index (Phi) is 5.18. The zero-order valence-corrected chi connectivity index (χ0v) is 8.25. The first-order valence-corrected chi connectivity index (χ1v) is 5.08. The summed E-state index contributed by atoms with van der Waals surface area (Å²) in [4.78, 5) is 0. The average molecular weight is 162 g/mol. The standard InChI is InChI=1S/C8H18OS/c1-8(2,3)9-6-5-7-10-4/h5-7H2,1-4H3. The predicted octanol–water partition coefficient (Wildman–Crippen LogP) is 2.55. The molecule has 2 heteroatoms. The average Bonchev–Trinajstić information content (AvgIpc) is 1.78. The lowest BCUT2D eigenvalue weighted by Gasteiger charge is -2.18. The van der Waals surface area contributed by atoms with E-state index in [-0.39, 0.29) is 5.60 Å². The van der Waals surface area contributed by atoms with Crippen molar-refractivity contribution in [3.8, 4) is 0 Å². The van der Waals surface area contributed by atoms with Gasteiger partial charge in [-0.15, -0.1) is 0 Å². The maximum absolute atomic E-state index is 5.52. The Labute approximate surface area is 68.5 Å². The molecule has 0 radical (unpaired) electrons. The van der Waals surface area contributed by atoms with Gasteiger partial charge in [0.05, 0.1) is 5.60 Å². The fourth-order valence-corrected chi connectivity index (χ4v) is 0.988. The molecule has 1 nitrogen and oxygen atoms in total. The van der Waals surface area contributed by atoms with Gasteiger partial charge in [0.25, 0.3) is 0 Å². The molecule has 0 heterocycles. The Hall–Kier alpha value is 0.310. The second kappa shape index (κ2) is 5.03. The zero-order chi connectivity index (χ0) is 8.04. The molecule has 0 aliphatic rings. The monoisotopic (exact) mass is 162 g/mol. The molecule has 62 valence electrons. The lowest BCUT2D eigenvalue weighted by atomic mass is 10.2. The molecule has 0 rings (SSSR count). The number of thioether (sulfide) groups is 1. The van der Waals surface area contributed by atoms with E-state index >= 15 is 0 Å². The first kappa shape index (κ1) is 10.3. The van der Waals surface area contributed by atoms with E-state index in [1.807, 2.05) is 11.8 Å². The molecule has 0 amide bonds. The topological polar surface area (TPSA) is 9.23 Å². The van der Waals surface area contributed by atoms with E-state index in [2.05, 4.69) is 27.0 Å². The maximum atomic E-state index is 5.52. The van der Waals surface area contributed by atoms with Gasteiger partial charge >= 0.3 is 0 Å². The lowest BCUT2D eigenvalue weighted by molar-refractivity contribution is -0.00196. The van der Waals surface area contributed by atoms with Crippen molar-refractivity contribution in [2.75, 3.05) is 18.6 Å². The van der Waals surface area contributed by atoms with Crippen molar-refractivity contribution in [2.45, 2.75) is 32.8 Å². The number of hydrogen-bond acceptors (Lipinski definition) is 2. The molecule has 0 aliphatic heterocycles. The van der Waals surface area contributed by atoms with Gasteiger partial charge < -0.3 is 4.74 Å². The fourth-order valence-electron chi connectivity index (χ4n) is 0.582. The highest BCUT2D eigenvalue weighted by atomic mass is 32.2. The molecule has 0 aromatic heterocycles. The van der Waals surface area contributed by atoms with Crippen LogP contribution in [0.1, 0.15) is 27.2 Å².